The van der Waals surface area contributed by atoms with Crippen molar-refractivity contribution in [1.82, 2.24) is 15.0 Å². The topological polar surface area (TPSA) is 50.7 Å². The van der Waals surface area contributed by atoms with Crippen molar-refractivity contribution in [3.05, 3.63) is 48.0 Å². The molecular formula is C12H14N4. The summed E-state index contributed by atoms with van der Waals surface area (Å²) in [7, 11) is 0. The maximum Gasteiger partial charge on any atom is 0.222 e. The first-order valence-corrected chi connectivity index (χ1v) is 5.27. The summed E-state index contributed by atoms with van der Waals surface area (Å²) in [5.41, 5.74) is 2.14. The van der Waals surface area contributed by atoms with Gasteiger partial charge in [0.05, 0.1) is 0 Å². The average molecular weight is 214 g/mol. The molecule has 2 aromatic heterocycles. The van der Waals surface area contributed by atoms with Crippen molar-refractivity contribution in [2.75, 3.05) is 11.9 Å². The molecule has 0 aliphatic carbocycles. The predicted octanol–water partition coefficient (Wildman–Crippen LogP) is 1.83. The number of nitrogens with one attached hydrogen (secondary N) is 1. The van der Waals surface area contributed by atoms with Crippen LogP contribution in [-0.2, 0) is 6.42 Å². The van der Waals surface area contributed by atoms with Crippen LogP contribution < -0.4 is 5.32 Å². The van der Waals surface area contributed by atoms with Crippen molar-refractivity contribution in [3.8, 4) is 0 Å². The molecule has 4 nitrogen and oxygen atoms in total. The maximum atomic E-state index is 4.24. The van der Waals surface area contributed by atoms with E-state index in [1.54, 1.807) is 18.6 Å². The molecule has 4 heteroatoms. The highest BCUT2D eigenvalue weighted by Crippen LogP contribution is 1.99. The van der Waals surface area contributed by atoms with Crippen LogP contribution >= 0.6 is 0 Å². The highest BCUT2D eigenvalue weighted by atomic mass is 15.1. The average Bonchev–Trinajstić information content (AvgIpc) is 2.33. The molecule has 0 unspecified atom stereocenters. The van der Waals surface area contributed by atoms with Gasteiger partial charge in [0.25, 0.3) is 0 Å². The normalized spacial score (nSPS) is 10.1. The van der Waals surface area contributed by atoms with E-state index in [4.69, 9.17) is 0 Å². The lowest BCUT2D eigenvalue weighted by atomic mass is 10.3. The van der Waals surface area contributed by atoms with Crippen molar-refractivity contribution in [1.29, 1.82) is 0 Å². The van der Waals surface area contributed by atoms with Crippen molar-refractivity contribution in [3.63, 3.8) is 0 Å². The molecule has 0 aliphatic rings. The van der Waals surface area contributed by atoms with E-state index in [0.717, 1.165) is 24.2 Å². The van der Waals surface area contributed by atoms with E-state index in [0.29, 0.717) is 5.95 Å². The van der Waals surface area contributed by atoms with Gasteiger partial charge in [0, 0.05) is 37.3 Å². The number of aryl methyl sites for hydroxylation is 1. The van der Waals surface area contributed by atoms with Crippen LogP contribution in [-0.4, -0.2) is 21.5 Å². The minimum absolute atomic E-state index is 0.668. The molecule has 0 aromatic carbocycles. The Hall–Kier alpha value is -1.97. The monoisotopic (exact) mass is 214 g/mol. The highest BCUT2D eigenvalue weighted by molar-refractivity contribution is 5.24. The standard InChI is InChI=1S/C12H14N4/c1-10-8-15-12(16-9-10)14-7-5-11-4-2-3-6-13-11/h2-4,6,8-9H,5,7H2,1H3,(H,14,15,16). The third-order valence-electron chi connectivity index (χ3n) is 2.17. The molecule has 0 spiro atoms. The van der Waals surface area contributed by atoms with E-state index < -0.39 is 0 Å². The Morgan fingerprint density at radius 3 is 2.62 bits per heavy atom. The number of anilines is 1. The van der Waals surface area contributed by atoms with E-state index >= 15 is 0 Å². The van der Waals surface area contributed by atoms with Crippen LogP contribution in [0.4, 0.5) is 5.95 Å². The molecule has 2 heterocycles. The van der Waals surface area contributed by atoms with Crippen LogP contribution in [0.2, 0.25) is 0 Å². The van der Waals surface area contributed by atoms with Crippen molar-refractivity contribution >= 4 is 5.95 Å². The molecule has 0 bridgehead atoms. The molecule has 16 heavy (non-hydrogen) atoms. The second-order valence-electron chi connectivity index (χ2n) is 3.58. The quantitative estimate of drug-likeness (QED) is 0.843. The van der Waals surface area contributed by atoms with E-state index in [9.17, 15) is 0 Å². The molecular weight excluding hydrogens is 200 g/mol. The van der Waals surface area contributed by atoms with Crippen molar-refractivity contribution in [2.24, 2.45) is 0 Å². The fourth-order valence-corrected chi connectivity index (χ4v) is 1.33. The SMILES string of the molecule is Cc1cnc(NCCc2ccccn2)nc1. The van der Waals surface area contributed by atoms with Gasteiger partial charge < -0.3 is 5.32 Å². The van der Waals surface area contributed by atoms with Crippen LogP contribution in [0.15, 0.2) is 36.8 Å². The maximum absolute atomic E-state index is 4.24. The largest absolute Gasteiger partial charge is 0.354 e. The smallest absolute Gasteiger partial charge is 0.222 e. The summed E-state index contributed by atoms with van der Waals surface area (Å²) in [4.78, 5) is 12.6. The first-order valence-electron chi connectivity index (χ1n) is 5.27. The van der Waals surface area contributed by atoms with Crippen molar-refractivity contribution in [2.45, 2.75) is 13.3 Å². The Labute approximate surface area is 94.8 Å². The summed E-state index contributed by atoms with van der Waals surface area (Å²) in [5, 5.41) is 3.16. The minimum Gasteiger partial charge on any atom is -0.354 e. The van der Waals surface area contributed by atoms with E-state index in [-0.39, 0.29) is 0 Å². The first kappa shape index (κ1) is 10.5. The summed E-state index contributed by atoms with van der Waals surface area (Å²) in [6, 6.07) is 5.92. The molecule has 0 saturated heterocycles. The number of aromatic nitrogens is 3. The van der Waals surface area contributed by atoms with Gasteiger partial charge in [0.1, 0.15) is 0 Å². The Morgan fingerprint density at radius 2 is 1.94 bits per heavy atom. The number of hydrogen-bond acceptors (Lipinski definition) is 4. The summed E-state index contributed by atoms with van der Waals surface area (Å²) in [6.45, 7) is 2.76. The number of pyridine rings is 1. The van der Waals surface area contributed by atoms with Crippen LogP contribution in [0, 0.1) is 6.92 Å². The molecule has 1 N–H and O–H groups in total. The Kier molecular flexibility index (Phi) is 3.43. The molecule has 0 amide bonds. The van der Waals surface area contributed by atoms with Crippen LogP contribution in [0.5, 0.6) is 0 Å². The number of rotatable bonds is 4. The van der Waals surface area contributed by atoms with Gasteiger partial charge >= 0.3 is 0 Å². The molecule has 2 aromatic rings. The van der Waals surface area contributed by atoms with Gasteiger partial charge in [-0.05, 0) is 24.6 Å². The fourth-order valence-electron chi connectivity index (χ4n) is 1.33. The van der Waals surface area contributed by atoms with Gasteiger partial charge in [-0.15, -0.1) is 0 Å². The molecule has 0 aliphatic heterocycles. The lowest BCUT2D eigenvalue weighted by Crippen LogP contribution is -2.08. The molecule has 0 saturated carbocycles. The van der Waals surface area contributed by atoms with Crippen molar-refractivity contribution < 1.29 is 0 Å². The third-order valence-corrected chi connectivity index (χ3v) is 2.17. The lowest BCUT2D eigenvalue weighted by molar-refractivity contribution is 0.939. The third kappa shape index (κ3) is 3.02. The minimum atomic E-state index is 0.668. The van der Waals surface area contributed by atoms with Gasteiger partial charge in [0.15, 0.2) is 0 Å². The van der Waals surface area contributed by atoms with E-state index in [2.05, 4.69) is 20.3 Å². The summed E-state index contributed by atoms with van der Waals surface area (Å²) >= 11 is 0. The Balaban J connectivity index is 1.82. The van der Waals surface area contributed by atoms with Crippen LogP contribution in [0.1, 0.15) is 11.3 Å². The zero-order valence-corrected chi connectivity index (χ0v) is 9.22. The van der Waals surface area contributed by atoms with Gasteiger partial charge in [0.2, 0.25) is 5.95 Å². The van der Waals surface area contributed by atoms with E-state index in [1.165, 1.54) is 0 Å². The van der Waals surface area contributed by atoms with Crippen LogP contribution in [0.3, 0.4) is 0 Å². The highest BCUT2D eigenvalue weighted by Gasteiger charge is 1.96. The molecule has 0 fully saturated rings. The second kappa shape index (κ2) is 5.21. The molecule has 0 atom stereocenters. The molecule has 82 valence electrons. The number of hydrogen-bond donors (Lipinski definition) is 1. The summed E-state index contributed by atoms with van der Waals surface area (Å²) < 4.78 is 0. The second-order valence-corrected chi connectivity index (χ2v) is 3.58. The molecule has 0 radical (unpaired) electrons. The zero-order valence-electron chi connectivity index (χ0n) is 9.22. The molecule has 2 rings (SSSR count). The van der Waals surface area contributed by atoms with E-state index in [1.807, 2.05) is 25.1 Å². The van der Waals surface area contributed by atoms with Gasteiger partial charge in [-0.25, -0.2) is 9.97 Å². The lowest BCUT2D eigenvalue weighted by Gasteiger charge is -2.03. The fraction of sp³-hybridized carbons (Fsp3) is 0.250. The Bertz CT molecular complexity index is 425. The van der Waals surface area contributed by atoms with Gasteiger partial charge in [-0.1, -0.05) is 6.07 Å². The number of nitrogens with zero attached hydrogens (tertiary/aromatic N) is 3. The summed E-state index contributed by atoms with van der Waals surface area (Å²) in [5.74, 6) is 0.668. The zero-order chi connectivity index (χ0) is 11.2. The first-order chi connectivity index (χ1) is 7.84. The van der Waals surface area contributed by atoms with Gasteiger partial charge in [-0.2, -0.15) is 0 Å². The predicted molar refractivity (Wildman–Crippen MR) is 63.2 cm³/mol. The van der Waals surface area contributed by atoms with Crippen LogP contribution in [0.25, 0.3) is 0 Å². The summed E-state index contributed by atoms with van der Waals surface area (Å²) in [6.07, 6.45) is 6.28. The van der Waals surface area contributed by atoms with Gasteiger partial charge in [-0.3, -0.25) is 4.98 Å². The Morgan fingerprint density at radius 1 is 1.12 bits per heavy atom.